The second-order valence-corrected chi connectivity index (χ2v) is 4.41. The van der Waals surface area contributed by atoms with Crippen molar-refractivity contribution < 1.29 is 0 Å². The predicted molar refractivity (Wildman–Crippen MR) is 52.8 cm³/mol. The summed E-state index contributed by atoms with van der Waals surface area (Å²) < 4.78 is 0. The molecule has 0 radical (unpaired) electrons. The summed E-state index contributed by atoms with van der Waals surface area (Å²) >= 11 is 0. The summed E-state index contributed by atoms with van der Waals surface area (Å²) in [5.74, 6) is 0.306. The van der Waals surface area contributed by atoms with Crippen LogP contribution in [0.15, 0.2) is 22.8 Å². The maximum absolute atomic E-state index is 9.04. The smallest absolute Gasteiger partial charge is 0.0949 e. The van der Waals surface area contributed by atoms with Gasteiger partial charge in [0.25, 0.3) is 0 Å². The van der Waals surface area contributed by atoms with Gasteiger partial charge in [-0.3, -0.25) is 0 Å². The Morgan fingerprint density at radius 1 is 1.43 bits per heavy atom. The van der Waals surface area contributed by atoms with Crippen molar-refractivity contribution in [3.05, 3.63) is 22.8 Å². The second kappa shape index (κ2) is 2.72. The van der Waals surface area contributed by atoms with Gasteiger partial charge >= 0.3 is 0 Å². The molecular weight excluding hydrogens is 172 g/mol. The molecule has 0 N–H and O–H groups in total. The van der Waals surface area contributed by atoms with E-state index < -0.39 is 0 Å². The molecule has 0 bridgehead atoms. The molecular formula is C12H12N2. The van der Waals surface area contributed by atoms with E-state index in [-0.39, 0.29) is 5.41 Å². The molecule has 14 heavy (non-hydrogen) atoms. The summed E-state index contributed by atoms with van der Waals surface area (Å²) in [6, 6.07) is 4.56. The SMILES string of the molecule is CC1=C(C#N)[C@H]2C[C@@]2(C)C(C#N)=CC1. The molecule has 2 atom stereocenters. The highest BCUT2D eigenvalue weighted by molar-refractivity contribution is 5.48. The summed E-state index contributed by atoms with van der Waals surface area (Å²) in [7, 11) is 0. The molecule has 0 unspecified atom stereocenters. The van der Waals surface area contributed by atoms with Crippen molar-refractivity contribution in [1.82, 2.24) is 0 Å². The van der Waals surface area contributed by atoms with Gasteiger partial charge in [-0.2, -0.15) is 10.5 Å². The second-order valence-electron chi connectivity index (χ2n) is 4.41. The lowest BCUT2D eigenvalue weighted by molar-refractivity contribution is 0.659. The van der Waals surface area contributed by atoms with Crippen molar-refractivity contribution in [2.75, 3.05) is 0 Å². The third-order valence-corrected chi connectivity index (χ3v) is 3.51. The Hall–Kier alpha value is -1.54. The van der Waals surface area contributed by atoms with Crippen LogP contribution in [0, 0.1) is 34.0 Å². The number of fused-ring (bicyclic) bond motifs is 1. The average Bonchev–Trinajstić information content (AvgIpc) is 2.81. The van der Waals surface area contributed by atoms with E-state index in [1.165, 1.54) is 0 Å². The van der Waals surface area contributed by atoms with Gasteiger partial charge in [0.05, 0.1) is 12.1 Å². The first-order valence-electron chi connectivity index (χ1n) is 4.84. The summed E-state index contributed by atoms with van der Waals surface area (Å²) in [4.78, 5) is 0. The Balaban J connectivity index is 2.45. The molecule has 0 heterocycles. The van der Waals surface area contributed by atoms with Crippen LogP contribution < -0.4 is 0 Å². The molecule has 0 aromatic heterocycles. The minimum absolute atomic E-state index is 0.0302. The number of nitrogens with zero attached hydrogens (tertiary/aromatic N) is 2. The highest BCUT2D eigenvalue weighted by Gasteiger charge is 2.55. The molecule has 0 aliphatic heterocycles. The zero-order valence-electron chi connectivity index (χ0n) is 8.46. The monoisotopic (exact) mass is 184 g/mol. The fourth-order valence-electron chi connectivity index (χ4n) is 2.33. The van der Waals surface area contributed by atoms with Gasteiger partial charge in [0, 0.05) is 22.5 Å². The highest BCUT2D eigenvalue weighted by Crippen LogP contribution is 2.62. The van der Waals surface area contributed by atoms with Crippen molar-refractivity contribution in [3.8, 4) is 12.1 Å². The topological polar surface area (TPSA) is 47.6 Å². The van der Waals surface area contributed by atoms with E-state index in [9.17, 15) is 0 Å². The van der Waals surface area contributed by atoms with Crippen LogP contribution in [0.3, 0.4) is 0 Å². The van der Waals surface area contributed by atoms with E-state index >= 15 is 0 Å². The third kappa shape index (κ3) is 1.01. The summed E-state index contributed by atoms with van der Waals surface area (Å²) in [6.07, 6.45) is 3.71. The predicted octanol–water partition coefficient (Wildman–Crippen LogP) is 2.71. The van der Waals surface area contributed by atoms with Crippen LogP contribution in [0.5, 0.6) is 0 Å². The fourth-order valence-corrected chi connectivity index (χ4v) is 2.33. The number of hydrogen-bond donors (Lipinski definition) is 0. The molecule has 70 valence electrons. The molecule has 2 nitrogen and oxygen atoms in total. The summed E-state index contributed by atoms with van der Waals surface area (Å²) in [5.41, 5.74) is 2.88. The van der Waals surface area contributed by atoms with Gasteiger partial charge in [-0.05, 0) is 19.8 Å². The first kappa shape index (κ1) is 9.03. The quantitative estimate of drug-likeness (QED) is 0.581. The van der Waals surface area contributed by atoms with Crippen LogP contribution in [-0.4, -0.2) is 0 Å². The summed E-state index contributed by atoms with van der Waals surface area (Å²) in [5, 5.41) is 18.0. The van der Waals surface area contributed by atoms with E-state index in [1.54, 1.807) is 0 Å². The van der Waals surface area contributed by atoms with Gasteiger partial charge in [-0.1, -0.05) is 18.6 Å². The number of allylic oxidation sites excluding steroid dienone is 4. The molecule has 2 heteroatoms. The van der Waals surface area contributed by atoms with Crippen LogP contribution in [0.4, 0.5) is 0 Å². The van der Waals surface area contributed by atoms with Crippen LogP contribution >= 0.6 is 0 Å². The van der Waals surface area contributed by atoms with E-state index in [4.69, 9.17) is 10.5 Å². The van der Waals surface area contributed by atoms with E-state index in [2.05, 4.69) is 19.1 Å². The van der Waals surface area contributed by atoms with E-state index in [0.29, 0.717) is 5.92 Å². The molecule has 0 spiro atoms. The van der Waals surface area contributed by atoms with Crippen molar-refractivity contribution in [3.63, 3.8) is 0 Å². The zero-order valence-corrected chi connectivity index (χ0v) is 8.46. The molecule has 1 fully saturated rings. The Bertz CT molecular complexity index is 428. The lowest BCUT2D eigenvalue weighted by atomic mass is 9.95. The molecule has 2 aliphatic carbocycles. The number of rotatable bonds is 0. The Morgan fingerprint density at radius 3 is 2.71 bits per heavy atom. The highest BCUT2D eigenvalue weighted by atomic mass is 14.6. The normalized spacial score (nSPS) is 34.9. The minimum Gasteiger partial charge on any atom is -0.193 e. The van der Waals surface area contributed by atoms with Crippen LogP contribution in [0.25, 0.3) is 0 Å². The molecule has 2 aliphatic rings. The maximum Gasteiger partial charge on any atom is 0.0949 e. The molecule has 0 aromatic rings. The molecule has 0 amide bonds. The largest absolute Gasteiger partial charge is 0.193 e. The van der Waals surface area contributed by atoms with Gasteiger partial charge in [0.15, 0.2) is 0 Å². The van der Waals surface area contributed by atoms with Gasteiger partial charge in [0.1, 0.15) is 0 Å². The molecule has 1 saturated carbocycles. The maximum atomic E-state index is 9.04. The first-order valence-corrected chi connectivity index (χ1v) is 4.84. The van der Waals surface area contributed by atoms with Crippen LogP contribution in [0.1, 0.15) is 26.7 Å². The Labute approximate surface area is 84.1 Å². The van der Waals surface area contributed by atoms with Gasteiger partial charge in [-0.25, -0.2) is 0 Å². The first-order chi connectivity index (χ1) is 6.63. The fraction of sp³-hybridized carbons (Fsp3) is 0.500. The van der Waals surface area contributed by atoms with Gasteiger partial charge in [-0.15, -0.1) is 0 Å². The molecule has 2 rings (SSSR count). The number of nitriles is 2. The number of hydrogen-bond acceptors (Lipinski definition) is 2. The Morgan fingerprint density at radius 2 is 2.14 bits per heavy atom. The van der Waals surface area contributed by atoms with Crippen molar-refractivity contribution in [2.24, 2.45) is 11.3 Å². The van der Waals surface area contributed by atoms with E-state index in [0.717, 1.165) is 29.6 Å². The van der Waals surface area contributed by atoms with Crippen molar-refractivity contribution >= 4 is 0 Å². The molecule has 0 saturated heterocycles. The minimum atomic E-state index is -0.0302. The van der Waals surface area contributed by atoms with E-state index in [1.807, 2.05) is 13.0 Å². The van der Waals surface area contributed by atoms with Crippen molar-refractivity contribution in [2.45, 2.75) is 26.7 Å². The molecule has 0 aromatic carbocycles. The third-order valence-electron chi connectivity index (χ3n) is 3.51. The van der Waals surface area contributed by atoms with Crippen LogP contribution in [0.2, 0.25) is 0 Å². The Kier molecular flexibility index (Phi) is 1.76. The average molecular weight is 184 g/mol. The lowest BCUT2D eigenvalue weighted by Gasteiger charge is -2.06. The van der Waals surface area contributed by atoms with Gasteiger partial charge < -0.3 is 0 Å². The van der Waals surface area contributed by atoms with Crippen molar-refractivity contribution in [1.29, 1.82) is 10.5 Å². The van der Waals surface area contributed by atoms with Crippen LogP contribution in [-0.2, 0) is 0 Å². The zero-order chi connectivity index (χ0) is 10.3. The standard InChI is InChI=1S/C12H12N2/c1-8-3-4-9(6-13)12(2)5-11(12)10(8)7-14/h4,11H,3,5H2,1-2H3/t11-,12+/m1/s1. The summed E-state index contributed by atoms with van der Waals surface area (Å²) in [6.45, 7) is 4.08. The van der Waals surface area contributed by atoms with Gasteiger partial charge in [0.2, 0.25) is 0 Å². The lowest BCUT2D eigenvalue weighted by Crippen LogP contribution is -2.01.